The molecule has 1 aliphatic rings. The summed E-state index contributed by atoms with van der Waals surface area (Å²) in [7, 11) is 1.43. The van der Waals surface area contributed by atoms with Gasteiger partial charge in [0.25, 0.3) is 0 Å². The largest absolute Gasteiger partial charge is 0.468 e. The Morgan fingerprint density at radius 2 is 1.71 bits per heavy atom. The summed E-state index contributed by atoms with van der Waals surface area (Å²) in [4.78, 5) is 14.6. The fourth-order valence-electron chi connectivity index (χ4n) is 3.36. The van der Waals surface area contributed by atoms with Crippen molar-refractivity contribution in [2.24, 2.45) is 0 Å². The van der Waals surface area contributed by atoms with E-state index in [1.807, 2.05) is 54.6 Å². The van der Waals surface area contributed by atoms with E-state index in [1.54, 1.807) is 0 Å². The van der Waals surface area contributed by atoms with Gasteiger partial charge in [0.05, 0.1) is 19.3 Å². The molecule has 3 atom stereocenters. The van der Waals surface area contributed by atoms with Crippen molar-refractivity contribution in [2.45, 2.75) is 18.2 Å². The van der Waals surface area contributed by atoms with Crippen LogP contribution in [0.3, 0.4) is 0 Å². The van der Waals surface area contributed by atoms with Gasteiger partial charge in [-0.3, -0.25) is 15.0 Å². The van der Waals surface area contributed by atoms with Crippen LogP contribution < -0.4 is 5.32 Å². The molecule has 0 unspecified atom stereocenters. The number of rotatable bonds is 5. The normalized spacial score (nSPS) is 23.8. The maximum atomic E-state index is 12.4. The van der Waals surface area contributed by atoms with Crippen molar-refractivity contribution in [3.63, 3.8) is 0 Å². The van der Waals surface area contributed by atoms with Gasteiger partial charge in [-0.05, 0) is 11.1 Å². The SMILES string of the molecule is C=CCN1[C@@H](c2ccccc2)N[C@@H](C(=O)OC)[C@H]1c1ccccc1. The molecule has 3 rings (SSSR count). The number of hydrogen-bond donors (Lipinski definition) is 1. The average Bonchev–Trinajstić information content (AvgIpc) is 3.02. The molecule has 0 aromatic heterocycles. The Kier molecular flexibility index (Phi) is 5.08. The molecule has 0 amide bonds. The molecule has 4 heteroatoms. The summed E-state index contributed by atoms with van der Waals surface area (Å²) < 4.78 is 5.04. The second kappa shape index (κ2) is 7.43. The summed E-state index contributed by atoms with van der Waals surface area (Å²) in [5, 5.41) is 3.45. The van der Waals surface area contributed by atoms with Crippen molar-refractivity contribution in [3.05, 3.63) is 84.4 Å². The zero-order valence-electron chi connectivity index (χ0n) is 13.8. The molecule has 0 radical (unpaired) electrons. The highest BCUT2D eigenvalue weighted by Gasteiger charge is 2.45. The zero-order valence-corrected chi connectivity index (χ0v) is 13.8. The molecule has 1 heterocycles. The minimum Gasteiger partial charge on any atom is -0.468 e. The van der Waals surface area contributed by atoms with Gasteiger partial charge < -0.3 is 4.74 Å². The Hall–Kier alpha value is -2.43. The maximum Gasteiger partial charge on any atom is 0.324 e. The van der Waals surface area contributed by atoms with Crippen LogP contribution in [0, 0.1) is 0 Å². The highest BCUT2D eigenvalue weighted by atomic mass is 16.5. The summed E-state index contributed by atoms with van der Waals surface area (Å²) in [5.41, 5.74) is 2.20. The molecule has 2 aromatic rings. The lowest BCUT2D eigenvalue weighted by atomic mass is 9.99. The van der Waals surface area contributed by atoms with Gasteiger partial charge >= 0.3 is 5.97 Å². The standard InChI is InChI=1S/C20H22N2O2/c1-3-14-22-18(15-10-6-4-7-11-15)17(20(23)24-2)21-19(22)16-12-8-5-9-13-16/h3-13,17-19,21H,1,14H2,2H3/t17-,18-,19+/m1/s1. The molecule has 2 aromatic carbocycles. The Bertz CT molecular complexity index is 687. The van der Waals surface area contributed by atoms with Crippen LogP contribution in [0.15, 0.2) is 73.3 Å². The molecule has 1 N–H and O–H groups in total. The Morgan fingerprint density at radius 1 is 1.12 bits per heavy atom. The minimum atomic E-state index is -0.428. The molecule has 0 spiro atoms. The lowest BCUT2D eigenvalue weighted by Crippen LogP contribution is -2.37. The molecular formula is C20H22N2O2. The van der Waals surface area contributed by atoms with Gasteiger partial charge in [-0.1, -0.05) is 66.7 Å². The molecule has 124 valence electrons. The molecule has 1 saturated heterocycles. The van der Waals surface area contributed by atoms with Crippen molar-refractivity contribution in [1.82, 2.24) is 10.2 Å². The number of nitrogens with zero attached hydrogens (tertiary/aromatic N) is 1. The first-order chi connectivity index (χ1) is 11.8. The number of methoxy groups -OCH3 is 1. The van der Waals surface area contributed by atoms with Crippen LogP contribution >= 0.6 is 0 Å². The lowest BCUT2D eigenvalue weighted by molar-refractivity contribution is -0.143. The summed E-state index contributed by atoms with van der Waals surface area (Å²) in [5.74, 6) is -0.253. The first-order valence-corrected chi connectivity index (χ1v) is 8.06. The third-order valence-corrected chi connectivity index (χ3v) is 4.39. The maximum absolute atomic E-state index is 12.4. The van der Waals surface area contributed by atoms with Gasteiger partial charge in [0.1, 0.15) is 6.04 Å². The molecule has 1 fully saturated rings. The van der Waals surface area contributed by atoms with Crippen molar-refractivity contribution >= 4 is 5.97 Å². The van der Waals surface area contributed by atoms with E-state index in [0.717, 1.165) is 11.1 Å². The summed E-state index contributed by atoms with van der Waals surface area (Å²) in [6.07, 6.45) is 1.80. The number of hydrogen-bond acceptors (Lipinski definition) is 4. The first kappa shape index (κ1) is 16.4. The average molecular weight is 322 g/mol. The number of ether oxygens (including phenoxy) is 1. The molecule has 24 heavy (non-hydrogen) atoms. The van der Waals surface area contributed by atoms with Gasteiger partial charge in [-0.25, -0.2) is 0 Å². The van der Waals surface area contributed by atoms with Crippen LogP contribution in [0.1, 0.15) is 23.3 Å². The Labute approximate surface area is 142 Å². The predicted octanol–water partition coefficient (Wildman–Crippen LogP) is 3.06. The number of esters is 1. The van der Waals surface area contributed by atoms with E-state index < -0.39 is 6.04 Å². The fraction of sp³-hybridized carbons (Fsp3) is 0.250. The van der Waals surface area contributed by atoms with E-state index in [-0.39, 0.29) is 18.2 Å². The van der Waals surface area contributed by atoms with Crippen LogP contribution in [0.5, 0.6) is 0 Å². The van der Waals surface area contributed by atoms with Crippen LogP contribution in [-0.4, -0.2) is 30.6 Å². The van der Waals surface area contributed by atoms with E-state index in [2.05, 4.69) is 28.9 Å². The zero-order chi connectivity index (χ0) is 16.9. The van der Waals surface area contributed by atoms with Gasteiger partial charge in [-0.2, -0.15) is 0 Å². The van der Waals surface area contributed by atoms with E-state index in [1.165, 1.54) is 7.11 Å². The predicted molar refractivity (Wildman–Crippen MR) is 94.2 cm³/mol. The summed E-state index contributed by atoms with van der Waals surface area (Å²) in [6.45, 7) is 4.55. The number of nitrogens with one attached hydrogen (secondary N) is 1. The quantitative estimate of drug-likeness (QED) is 0.678. The third-order valence-electron chi connectivity index (χ3n) is 4.39. The van der Waals surface area contributed by atoms with E-state index in [4.69, 9.17) is 4.74 Å². The van der Waals surface area contributed by atoms with E-state index in [9.17, 15) is 4.79 Å². The van der Waals surface area contributed by atoms with Crippen molar-refractivity contribution in [2.75, 3.05) is 13.7 Å². The molecule has 0 aliphatic carbocycles. The minimum absolute atomic E-state index is 0.0708. The van der Waals surface area contributed by atoms with Gasteiger partial charge in [0.15, 0.2) is 0 Å². The number of benzene rings is 2. The Balaban J connectivity index is 2.03. The second-order valence-corrected chi connectivity index (χ2v) is 5.82. The molecule has 1 aliphatic heterocycles. The van der Waals surface area contributed by atoms with Crippen LogP contribution in [0.4, 0.5) is 0 Å². The lowest BCUT2D eigenvalue weighted by Gasteiger charge is -2.29. The molecule has 0 bridgehead atoms. The second-order valence-electron chi connectivity index (χ2n) is 5.82. The van der Waals surface area contributed by atoms with E-state index in [0.29, 0.717) is 6.54 Å². The fourth-order valence-corrected chi connectivity index (χ4v) is 3.36. The van der Waals surface area contributed by atoms with Crippen molar-refractivity contribution in [1.29, 1.82) is 0 Å². The van der Waals surface area contributed by atoms with Gasteiger partial charge in [-0.15, -0.1) is 6.58 Å². The highest BCUT2D eigenvalue weighted by molar-refractivity contribution is 5.77. The van der Waals surface area contributed by atoms with Gasteiger partial charge in [0.2, 0.25) is 0 Å². The molecule has 4 nitrogen and oxygen atoms in total. The third kappa shape index (κ3) is 3.11. The highest BCUT2D eigenvalue weighted by Crippen LogP contribution is 2.38. The summed E-state index contributed by atoms with van der Waals surface area (Å²) >= 11 is 0. The topological polar surface area (TPSA) is 41.6 Å². The monoisotopic (exact) mass is 322 g/mol. The van der Waals surface area contributed by atoms with Crippen molar-refractivity contribution < 1.29 is 9.53 Å². The number of carbonyl (C=O) groups is 1. The Morgan fingerprint density at radius 3 is 2.25 bits per heavy atom. The van der Waals surface area contributed by atoms with E-state index >= 15 is 0 Å². The first-order valence-electron chi connectivity index (χ1n) is 8.06. The molecular weight excluding hydrogens is 300 g/mol. The van der Waals surface area contributed by atoms with Gasteiger partial charge in [0, 0.05) is 6.54 Å². The summed E-state index contributed by atoms with van der Waals surface area (Å²) in [6, 6.07) is 19.6. The van der Waals surface area contributed by atoms with Crippen LogP contribution in [0.2, 0.25) is 0 Å². The van der Waals surface area contributed by atoms with Crippen molar-refractivity contribution in [3.8, 4) is 0 Å². The van der Waals surface area contributed by atoms with Crippen LogP contribution in [0.25, 0.3) is 0 Å². The van der Waals surface area contributed by atoms with Crippen LogP contribution in [-0.2, 0) is 9.53 Å². The molecule has 0 saturated carbocycles. The smallest absolute Gasteiger partial charge is 0.324 e. The number of carbonyl (C=O) groups excluding carboxylic acids is 1.